The minimum absolute atomic E-state index is 0.0979. The Morgan fingerprint density at radius 3 is 2.52 bits per heavy atom. The van der Waals surface area contributed by atoms with Gasteiger partial charge in [-0.1, -0.05) is 38.7 Å². The summed E-state index contributed by atoms with van der Waals surface area (Å²) in [6.07, 6.45) is 8.61. The highest BCUT2D eigenvalue weighted by atomic mass is 16.5. The first-order valence-corrected chi connectivity index (χ1v) is 8.54. The van der Waals surface area contributed by atoms with Gasteiger partial charge < -0.3 is 10.5 Å². The molecule has 2 heteroatoms. The lowest BCUT2D eigenvalue weighted by atomic mass is 9.86. The van der Waals surface area contributed by atoms with Gasteiger partial charge in [-0.05, 0) is 62.3 Å². The van der Waals surface area contributed by atoms with E-state index in [1.165, 1.54) is 36.8 Å². The van der Waals surface area contributed by atoms with Crippen LogP contribution in [0.15, 0.2) is 18.2 Å². The zero-order valence-electron chi connectivity index (χ0n) is 14.0. The molecule has 1 aromatic rings. The van der Waals surface area contributed by atoms with Gasteiger partial charge >= 0.3 is 0 Å². The van der Waals surface area contributed by atoms with Crippen LogP contribution < -0.4 is 10.5 Å². The summed E-state index contributed by atoms with van der Waals surface area (Å²) >= 11 is 0. The number of benzene rings is 1. The third-order valence-corrected chi connectivity index (χ3v) is 4.68. The summed E-state index contributed by atoms with van der Waals surface area (Å²) in [6, 6.07) is 6.58. The van der Waals surface area contributed by atoms with Crippen LogP contribution in [0.4, 0.5) is 0 Å². The lowest BCUT2D eigenvalue weighted by Gasteiger charge is -2.26. The molecule has 1 aliphatic carbocycles. The normalized spacial score (nSPS) is 17.8. The minimum atomic E-state index is -0.0979. The second-order valence-electron chi connectivity index (χ2n) is 7.12. The van der Waals surface area contributed by atoms with Crippen molar-refractivity contribution < 1.29 is 4.74 Å². The van der Waals surface area contributed by atoms with Crippen molar-refractivity contribution in [2.45, 2.75) is 71.3 Å². The van der Waals surface area contributed by atoms with Gasteiger partial charge in [-0.3, -0.25) is 0 Å². The predicted molar refractivity (Wildman–Crippen MR) is 89.9 cm³/mol. The first-order valence-electron chi connectivity index (χ1n) is 8.54. The fraction of sp³-hybridized carbons (Fsp3) is 0.684. The van der Waals surface area contributed by atoms with Crippen LogP contribution in [-0.2, 0) is 12.8 Å². The molecule has 0 spiro atoms. The van der Waals surface area contributed by atoms with E-state index < -0.39 is 0 Å². The lowest BCUT2D eigenvalue weighted by molar-refractivity contribution is 0.304. The van der Waals surface area contributed by atoms with Gasteiger partial charge in [-0.15, -0.1) is 0 Å². The van der Waals surface area contributed by atoms with E-state index in [9.17, 15) is 0 Å². The molecule has 0 aliphatic heterocycles. The molecule has 0 heterocycles. The second-order valence-corrected chi connectivity index (χ2v) is 7.12. The molecule has 0 saturated heterocycles. The Morgan fingerprint density at radius 2 is 1.81 bits per heavy atom. The maximum Gasteiger partial charge on any atom is 0.119 e. The average molecular weight is 289 g/mol. The number of rotatable bonds is 8. The number of ether oxygens (including phenoxy) is 1. The molecular weight excluding hydrogens is 258 g/mol. The highest BCUT2D eigenvalue weighted by Gasteiger charge is 2.31. The SMILES string of the molecule is CCCCCCCOc1ccc2c(c1)C[C@@H](C(C)(C)N)C2. The highest BCUT2D eigenvalue weighted by Crippen LogP contribution is 2.34. The molecule has 2 N–H and O–H groups in total. The Balaban J connectivity index is 1.81. The molecule has 0 unspecified atom stereocenters. The maximum absolute atomic E-state index is 6.27. The van der Waals surface area contributed by atoms with E-state index in [1.54, 1.807) is 0 Å². The number of unbranched alkanes of at least 4 members (excludes halogenated alkanes) is 4. The van der Waals surface area contributed by atoms with E-state index in [2.05, 4.69) is 39.0 Å². The van der Waals surface area contributed by atoms with Gasteiger partial charge in [0.15, 0.2) is 0 Å². The number of hydrogen-bond acceptors (Lipinski definition) is 2. The van der Waals surface area contributed by atoms with E-state index in [-0.39, 0.29) is 5.54 Å². The van der Waals surface area contributed by atoms with Crippen LogP contribution in [0, 0.1) is 5.92 Å². The molecule has 1 aromatic carbocycles. The van der Waals surface area contributed by atoms with E-state index in [0.29, 0.717) is 5.92 Å². The van der Waals surface area contributed by atoms with E-state index >= 15 is 0 Å². The summed E-state index contributed by atoms with van der Waals surface area (Å²) in [6.45, 7) is 7.36. The lowest BCUT2D eigenvalue weighted by Crippen LogP contribution is -2.41. The van der Waals surface area contributed by atoms with Gasteiger partial charge in [0.25, 0.3) is 0 Å². The smallest absolute Gasteiger partial charge is 0.119 e. The van der Waals surface area contributed by atoms with Crippen LogP contribution in [0.2, 0.25) is 0 Å². The predicted octanol–water partition coefficient (Wildman–Crippen LogP) is 4.49. The van der Waals surface area contributed by atoms with Crippen LogP contribution in [0.25, 0.3) is 0 Å². The van der Waals surface area contributed by atoms with Crippen molar-refractivity contribution in [1.29, 1.82) is 0 Å². The molecule has 2 rings (SSSR count). The van der Waals surface area contributed by atoms with Gasteiger partial charge in [0.2, 0.25) is 0 Å². The Morgan fingerprint density at radius 1 is 1.10 bits per heavy atom. The summed E-state index contributed by atoms with van der Waals surface area (Å²) in [7, 11) is 0. The van der Waals surface area contributed by atoms with Crippen molar-refractivity contribution in [2.24, 2.45) is 11.7 Å². The molecular formula is C19H31NO. The number of nitrogens with two attached hydrogens (primary N) is 1. The van der Waals surface area contributed by atoms with Crippen molar-refractivity contribution in [3.05, 3.63) is 29.3 Å². The zero-order chi connectivity index (χ0) is 15.3. The van der Waals surface area contributed by atoms with E-state index in [4.69, 9.17) is 10.5 Å². The average Bonchev–Trinajstić information content (AvgIpc) is 2.86. The fourth-order valence-electron chi connectivity index (χ4n) is 3.11. The summed E-state index contributed by atoms with van der Waals surface area (Å²) in [5.74, 6) is 1.58. The molecule has 0 bridgehead atoms. The van der Waals surface area contributed by atoms with Crippen molar-refractivity contribution >= 4 is 0 Å². The fourth-order valence-corrected chi connectivity index (χ4v) is 3.11. The van der Waals surface area contributed by atoms with Crippen LogP contribution in [-0.4, -0.2) is 12.1 Å². The standard InChI is InChI=1S/C19H31NO/c1-4-5-6-7-8-11-21-18-10-9-15-12-17(19(2,3)20)13-16(15)14-18/h9-10,14,17H,4-8,11-13,20H2,1-3H3/t17-/m0/s1. The van der Waals surface area contributed by atoms with E-state index in [0.717, 1.165) is 31.6 Å². The van der Waals surface area contributed by atoms with Gasteiger partial charge in [0, 0.05) is 5.54 Å². The second kappa shape index (κ2) is 7.31. The Labute approximate surface area is 130 Å². The topological polar surface area (TPSA) is 35.2 Å². The molecule has 0 amide bonds. The molecule has 0 radical (unpaired) electrons. The van der Waals surface area contributed by atoms with Crippen molar-refractivity contribution in [3.8, 4) is 5.75 Å². The third-order valence-electron chi connectivity index (χ3n) is 4.68. The van der Waals surface area contributed by atoms with Crippen molar-refractivity contribution in [1.82, 2.24) is 0 Å². The Bertz CT molecular complexity index is 447. The monoisotopic (exact) mass is 289 g/mol. The molecule has 0 aromatic heterocycles. The zero-order valence-corrected chi connectivity index (χ0v) is 14.0. The molecule has 1 aliphatic rings. The summed E-state index contributed by atoms with van der Waals surface area (Å²) in [5.41, 5.74) is 9.05. The maximum atomic E-state index is 6.27. The van der Waals surface area contributed by atoms with Gasteiger partial charge in [0.1, 0.15) is 5.75 Å². The summed E-state index contributed by atoms with van der Waals surface area (Å²) < 4.78 is 5.90. The highest BCUT2D eigenvalue weighted by molar-refractivity contribution is 5.39. The first-order chi connectivity index (χ1) is 10.0. The molecule has 21 heavy (non-hydrogen) atoms. The third kappa shape index (κ3) is 4.74. The Kier molecular flexibility index (Phi) is 5.69. The minimum Gasteiger partial charge on any atom is -0.494 e. The van der Waals surface area contributed by atoms with Crippen molar-refractivity contribution in [3.63, 3.8) is 0 Å². The van der Waals surface area contributed by atoms with Gasteiger partial charge in [0.05, 0.1) is 6.61 Å². The molecule has 0 saturated carbocycles. The van der Waals surface area contributed by atoms with Crippen LogP contribution in [0.5, 0.6) is 5.75 Å². The van der Waals surface area contributed by atoms with Crippen molar-refractivity contribution in [2.75, 3.05) is 6.61 Å². The first kappa shape index (κ1) is 16.4. The molecule has 1 atom stereocenters. The van der Waals surface area contributed by atoms with E-state index in [1.807, 2.05) is 0 Å². The molecule has 0 fully saturated rings. The van der Waals surface area contributed by atoms with Crippen LogP contribution >= 0.6 is 0 Å². The quantitative estimate of drug-likeness (QED) is 0.716. The Hall–Kier alpha value is -1.02. The van der Waals surface area contributed by atoms with Gasteiger partial charge in [-0.25, -0.2) is 0 Å². The number of fused-ring (bicyclic) bond motifs is 1. The van der Waals surface area contributed by atoms with Crippen LogP contribution in [0.3, 0.4) is 0 Å². The largest absolute Gasteiger partial charge is 0.494 e. The van der Waals surface area contributed by atoms with Crippen LogP contribution in [0.1, 0.15) is 64.0 Å². The summed E-state index contributed by atoms with van der Waals surface area (Å²) in [4.78, 5) is 0. The molecule has 118 valence electrons. The molecule has 2 nitrogen and oxygen atoms in total. The van der Waals surface area contributed by atoms with Gasteiger partial charge in [-0.2, -0.15) is 0 Å². The number of hydrogen-bond donors (Lipinski definition) is 1. The summed E-state index contributed by atoms with van der Waals surface area (Å²) in [5, 5.41) is 0.